The molecule has 0 aliphatic heterocycles. The number of ether oxygens (including phenoxy) is 1. The molecule has 1 aromatic heterocycles. The SMILES string of the molecule is COc1cc(CCCCC(=O)Nc2nc3ccc([N+](=O)[O-])cc3s2)ccc1C. The fourth-order valence-corrected chi connectivity index (χ4v) is 3.81. The van der Waals surface area contributed by atoms with Gasteiger partial charge in [-0.2, -0.15) is 0 Å². The van der Waals surface area contributed by atoms with Crippen LogP contribution in [0.25, 0.3) is 10.2 Å². The van der Waals surface area contributed by atoms with E-state index in [1.54, 1.807) is 13.2 Å². The van der Waals surface area contributed by atoms with Gasteiger partial charge in [-0.25, -0.2) is 4.98 Å². The second-order valence-electron chi connectivity index (χ2n) is 6.49. The third-order valence-corrected chi connectivity index (χ3v) is 5.35. The Labute approximate surface area is 166 Å². The highest BCUT2D eigenvalue weighted by Crippen LogP contribution is 2.29. The van der Waals surface area contributed by atoms with E-state index in [0.717, 1.165) is 30.6 Å². The summed E-state index contributed by atoms with van der Waals surface area (Å²) < 4.78 is 6.01. The highest BCUT2D eigenvalue weighted by Gasteiger charge is 2.12. The van der Waals surface area contributed by atoms with Gasteiger partial charge in [0.25, 0.3) is 5.69 Å². The lowest BCUT2D eigenvalue weighted by Gasteiger charge is -2.07. The van der Waals surface area contributed by atoms with Gasteiger partial charge < -0.3 is 10.1 Å². The van der Waals surface area contributed by atoms with Gasteiger partial charge in [-0.15, -0.1) is 0 Å². The highest BCUT2D eigenvalue weighted by atomic mass is 32.1. The monoisotopic (exact) mass is 399 g/mol. The maximum Gasteiger partial charge on any atom is 0.270 e. The molecule has 0 spiro atoms. The number of non-ortho nitro benzene ring substituents is 1. The van der Waals surface area contributed by atoms with E-state index in [-0.39, 0.29) is 11.6 Å². The zero-order valence-corrected chi connectivity index (χ0v) is 16.5. The summed E-state index contributed by atoms with van der Waals surface area (Å²) in [4.78, 5) is 26.9. The standard InChI is InChI=1S/C20H21N3O4S/c1-13-7-8-14(11-17(13)27-2)5-3-4-6-19(24)22-20-21-16-10-9-15(23(25)26)12-18(16)28-20/h7-12H,3-6H2,1-2H3,(H,21,22,24). The maximum atomic E-state index is 12.1. The second kappa shape index (κ2) is 8.79. The number of hydrogen-bond acceptors (Lipinski definition) is 6. The van der Waals surface area contributed by atoms with Gasteiger partial charge in [0.05, 0.1) is 22.2 Å². The Morgan fingerprint density at radius 1 is 1.25 bits per heavy atom. The number of nitro benzene ring substituents is 1. The predicted molar refractivity (Wildman–Crippen MR) is 110 cm³/mol. The normalized spacial score (nSPS) is 10.8. The van der Waals surface area contributed by atoms with Crippen molar-refractivity contribution in [3.63, 3.8) is 0 Å². The first-order valence-corrected chi connectivity index (χ1v) is 9.76. The summed E-state index contributed by atoms with van der Waals surface area (Å²) in [6, 6.07) is 10.6. The summed E-state index contributed by atoms with van der Waals surface area (Å²) >= 11 is 1.24. The van der Waals surface area contributed by atoms with E-state index in [0.29, 0.717) is 21.8 Å². The number of nitrogens with zero attached hydrogens (tertiary/aromatic N) is 2. The van der Waals surface area contributed by atoms with Crippen LogP contribution in [0, 0.1) is 17.0 Å². The van der Waals surface area contributed by atoms with Crippen LogP contribution in [0.4, 0.5) is 10.8 Å². The second-order valence-corrected chi connectivity index (χ2v) is 7.52. The number of carbonyl (C=O) groups is 1. The van der Waals surface area contributed by atoms with E-state index in [4.69, 9.17) is 4.74 Å². The Balaban J connectivity index is 1.49. The molecule has 3 rings (SSSR count). The largest absolute Gasteiger partial charge is 0.496 e. The van der Waals surface area contributed by atoms with E-state index in [1.165, 1.54) is 29.0 Å². The molecule has 0 saturated heterocycles. The Bertz CT molecular complexity index is 1020. The molecule has 0 saturated carbocycles. The van der Waals surface area contributed by atoms with Gasteiger partial charge in [-0.1, -0.05) is 23.5 Å². The number of fused-ring (bicyclic) bond motifs is 1. The van der Waals surface area contributed by atoms with E-state index in [2.05, 4.69) is 16.4 Å². The number of anilines is 1. The van der Waals surface area contributed by atoms with Crippen molar-refractivity contribution < 1.29 is 14.5 Å². The number of methoxy groups -OCH3 is 1. The number of aryl methyl sites for hydroxylation is 2. The quantitative estimate of drug-likeness (QED) is 0.331. The molecule has 146 valence electrons. The summed E-state index contributed by atoms with van der Waals surface area (Å²) in [5.41, 5.74) is 2.95. The summed E-state index contributed by atoms with van der Waals surface area (Å²) in [6.07, 6.45) is 2.94. The molecule has 0 fully saturated rings. The first-order valence-electron chi connectivity index (χ1n) is 8.94. The smallest absolute Gasteiger partial charge is 0.270 e. The Morgan fingerprint density at radius 3 is 2.82 bits per heavy atom. The number of carbonyl (C=O) groups excluding carboxylic acids is 1. The van der Waals surface area contributed by atoms with Crippen LogP contribution in [-0.2, 0) is 11.2 Å². The van der Waals surface area contributed by atoms with Crippen molar-refractivity contribution in [1.82, 2.24) is 4.98 Å². The Morgan fingerprint density at radius 2 is 2.07 bits per heavy atom. The molecule has 1 heterocycles. The van der Waals surface area contributed by atoms with Crippen LogP contribution in [-0.4, -0.2) is 22.9 Å². The first kappa shape index (κ1) is 19.8. The number of nitro groups is 1. The number of rotatable bonds is 8. The van der Waals surface area contributed by atoms with Gasteiger partial charge in [0, 0.05) is 18.6 Å². The van der Waals surface area contributed by atoms with Crippen molar-refractivity contribution in [3.05, 3.63) is 57.6 Å². The molecule has 2 aromatic carbocycles. The average molecular weight is 399 g/mol. The van der Waals surface area contributed by atoms with Gasteiger partial charge in [0.2, 0.25) is 5.91 Å². The molecule has 0 unspecified atom stereocenters. The average Bonchev–Trinajstić information content (AvgIpc) is 3.07. The molecule has 3 aromatic rings. The Kier molecular flexibility index (Phi) is 6.20. The summed E-state index contributed by atoms with van der Waals surface area (Å²) in [6.45, 7) is 2.01. The van der Waals surface area contributed by atoms with E-state index in [9.17, 15) is 14.9 Å². The third-order valence-electron chi connectivity index (χ3n) is 4.42. The van der Waals surface area contributed by atoms with Crippen molar-refractivity contribution in [2.75, 3.05) is 12.4 Å². The lowest BCUT2D eigenvalue weighted by atomic mass is 10.0. The molecule has 0 atom stereocenters. The van der Waals surface area contributed by atoms with Crippen LogP contribution in [0.3, 0.4) is 0 Å². The van der Waals surface area contributed by atoms with Crippen LogP contribution in [0.5, 0.6) is 5.75 Å². The molecule has 0 aliphatic rings. The van der Waals surface area contributed by atoms with Crippen molar-refractivity contribution in [3.8, 4) is 5.75 Å². The van der Waals surface area contributed by atoms with E-state index >= 15 is 0 Å². The lowest BCUT2D eigenvalue weighted by molar-refractivity contribution is -0.384. The lowest BCUT2D eigenvalue weighted by Crippen LogP contribution is -2.10. The number of aromatic nitrogens is 1. The fraction of sp³-hybridized carbons (Fsp3) is 0.300. The first-order chi connectivity index (χ1) is 13.5. The summed E-state index contributed by atoms with van der Waals surface area (Å²) in [7, 11) is 1.66. The highest BCUT2D eigenvalue weighted by molar-refractivity contribution is 7.22. The van der Waals surface area contributed by atoms with Gasteiger partial charge in [0.1, 0.15) is 5.75 Å². The molecule has 28 heavy (non-hydrogen) atoms. The minimum atomic E-state index is -0.443. The minimum Gasteiger partial charge on any atom is -0.496 e. The molecular weight excluding hydrogens is 378 g/mol. The van der Waals surface area contributed by atoms with Crippen LogP contribution in [0.2, 0.25) is 0 Å². The molecule has 7 nitrogen and oxygen atoms in total. The molecule has 1 amide bonds. The molecule has 1 N–H and O–H groups in total. The van der Waals surface area contributed by atoms with Crippen LogP contribution < -0.4 is 10.1 Å². The minimum absolute atomic E-state index is 0.0155. The number of nitrogens with one attached hydrogen (secondary N) is 1. The van der Waals surface area contributed by atoms with Crippen LogP contribution in [0.1, 0.15) is 30.4 Å². The number of amides is 1. The predicted octanol–water partition coefficient (Wildman–Crippen LogP) is 4.87. The number of thiazole rings is 1. The fourth-order valence-electron chi connectivity index (χ4n) is 2.90. The third kappa shape index (κ3) is 4.83. The molecule has 0 radical (unpaired) electrons. The van der Waals surface area contributed by atoms with Gasteiger partial charge >= 0.3 is 0 Å². The van der Waals surface area contributed by atoms with E-state index in [1.807, 2.05) is 19.1 Å². The number of hydrogen-bond donors (Lipinski definition) is 1. The maximum absolute atomic E-state index is 12.1. The molecule has 0 bridgehead atoms. The Hall–Kier alpha value is -3.00. The van der Waals surface area contributed by atoms with Crippen molar-refractivity contribution in [2.45, 2.75) is 32.6 Å². The zero-order valence-electron chi connectivity index (χ0n) is 15.7. The molecule has 8 heteroatoms. The van der Waals surface area contributed by atoms with Gasteiger partial charge in [-0.3, -0.25) is 14.9 Å². The van der Waals surface area contributed by atoms with Gasteiger partial charge in [-0.05, 0) is 49.4 Å². The van der Waals surface area contributed by atoms with Crippen LogP contribution >= 0.6 is 11.3 Å². The molecular formula is C20H21N3O4S. The van der Waals surface area contributed by atoms with Gasteiger partial charge in [0.15, 0.2) is 5.13 Å². The van der Waals surface area contributed by atoms with E-state index < -0.39 is 4.92 Å². The summed E-state index contributed by atoms with van der Waals surface area (Å²) in [5, 5.41) is 14.1. The van der Waals surface area contributed by atoms with Crippen molar-refractivity contribution in [1.29, 1.82) is 0 Å². The number of unbranched alkanes of at least 4 members (excludes halogenated alkanes) is 1. The zero-order chi connectivity index (χ0) is 20.1. The summed E-state index contributed by atoms with van der Waals surface area (Å²) in [5.74, 6) is 0.779. The molecule has 0 aliphatic carbocycles. The van der Waals surface area contributed by atoms with Crippen molar-refractivity contribution in [2.24, 2.45) is 0 Å². The number of benzene rings is 2. The van der Waals surface area contributed by atoms with Crippen LogP contribution in [0.15, 0.2) is 36.4 Å². The van der Waals surface area contributed by atoms with Crippen molar-refractivity contribution >= 4 is 38.3 Å². The topological polar surface area (TPSA) is 94.4 Å².